The fourth-order valence-corrected chi connectivity index (χ4v) is 13.0. The number of aliphatic hydroxyl groups excluding tert-OH is 1. The van der Waals surface area contributed by atoms with Crippen LogP contribution in [0.4, 0.5) is 4.39 Å². The van der Waals surface area contributed by atoms with Crippen molar-refractivity contribution in [3.8, 4) is 0 Å². The normalized spacial score (nSPS) is 39.8. The minimum Gasteiger partial charge on any atom is -0.390 e. The number of Topliss-reactive ketones (excluding diaryl/α,β-unsaturated/α-hetero) is 1. The number of phosphoric acid groups is 3. The number of ketones is 2. The van der Waals surface area contributed by atoms with E-state index in [0.717, 1.165) is 32.1 Å². The van der Waals surface area contributed by atoms with E-state index in [0.29, 0.717) is 12.0 Å². The molecule has 0 aliphatic heterocycles. The summed E-state index contributed by atoms with van der Waals surface area (Å²) in [6.07, 6.45) is 11.1. The highest BCUT2D eigenvalue weighted by molar-refractivity contribution is 7.66. The number of ether oxygens (including phenoxy) is 1. The van der Waals surface area contributed by atoms with Gasteiger partial charge in [-0.2, -0.15) is 8.62 Å². The number of nitrogens with one attached hydrogen (secondary N) is 1. The lowest BCUT2D eigenvalue weighted by atomic mass is 9.44. The molecular formula is C34H51FNO16P3. The van der Waals surface area contributed by atoms with E-state index in [1.54, 1.807) is 6.92 Å². The minimum atomic E-state index is -5.91. The molecule has 0 aromatic carbocycles. The third-order valence-corrected chi connectivity index (χ3v) is 16.5. The van der Waals surface area contributed by atoms with Crippen LogP contribution in [0.5, 0.6) is 0 Å². The van der Waals surface area contributed by atoms with Gasteiger partial charge in [-0.15, -0.1) is 0 Å². The number of allylic oxidation sites excluding steroid dienone is 5. The van der Waals surface area contributed by atoms with Crippen LogP contribution < -0.4 is 5.32 Å². The van der Waals surface area contributed by atoms with E-state index in [-0.39, 0.29) is 37.9 Å². The Kier molecular flexibility index (Phi) is 13.3. The van der Waals surface area contributed by atoms with Crippen LogP contribution in [-0.4, -0.2) is 92.2 Å². The average Bonchev–Trinajstić information content (AvgIpc) is 3.26. The Morgan fingerprint density at radius 1 is 0.982 bits per heavy atom. The second-order valence-electron chi connectivity index (χ2n) is 15.5. The van der Waals surface area contributed by atoms with E-state index in [9.17, 15) is 53.0 Å². The molecule has 5 aliphatic rings. The van der Waals surface area contributed by atoms with Gasteiger partial charge in [-0.05, 0) is 75.9 Å². The topological polar surface area (TPSA) is 262 Å². The number of fused-ring (bicyclic) bond motifs is 5. The number of hydrogen-bond acceptors (Lipinski definition) is 13. The van der Waals surface area contributed by atoms with Gasteiger partial charge in [-0.1, -0.05) is 50.5 Å². The summed E-state index contributed by atoms with van der Waals surface area (Å²) in [7, 11) is -17.1. The van der Waals surface area contributed by atoms with Crippen molar-refractivity contribution >= 4 is 40.9 Å². The molecule has 12 atom stereocenters. The molecule has 0 radical (unpaired) electrons. The van der Waals surface area contributed by atoms with E-state index < -0.39 is 101 Å². The summed E-state index contributed by atoms with van der Waals surface area (Å²) in [5, 5.41) is 25.9. The van der Waals surface area contributed by atoms with Crippen LogP contribution in [0.2, 0.25) is 0 Å². The predicted molar refractivity (Wildman–Crippen MR) is 191 cm³/mol. The molecule has 17 nitrogen and oxygen atoms in total. The van der Waals surface area contributed by atoms with Gasteiger partial charge in [-0.25, -0.2) is 18.1 Å². The van der Waals surface area contributed by atoms with Gasteiger partial charge in [0.05, 0.1) is 18.8 Å². The maximum absolute atomic E-state index is 17.4. The van der Waals surface area contributed by atoms with Crippen LogP contribution in [-0.2, 0) is 50.5 Å². The number of aliphatic hydroxyl groups is 2. The highest BCUT2D eigenvalue weighted by Gasteiger charge is 2.75. The van der Waals surface area contributed by atoms with Crippen molar-refractivity contribution in [2.75, 3.05) is 26.4 Å². The first kappa shape index (κ1) is 44.4. The second-order valence-corrected chi connectivity index (χ2v) is 20.2. The van der Waals surface area contributed by atoms with Crippen molar-refractivity contribution in [1.82, 2.24) is 5.32 Å². The van der Waals surface area contributed by atoms with Gasteiger partial charge in [-0.3, -0.25) is 23.4 Å². The lowest BCUT2D eigenvalue weighted by Crippen LogP contribution is -2.69. The summed E-state index contributed by atoms with van der Waals surface area (Å²) in [4.78, 5) is 67.9. The Bertz CT molecular complexity index is 1760. The lowest BCUT2D eigenvalue weighted by Gasteiger charge is -2.62. The average molecular weight is 842 g/mol. The molecule has 1 amide bonds. The van der Waals surface area contributed by atoms with Crippen molar-refractivity contribution < 1.29 is 79.8 Å². The molecule has 5 aliphatic carbocycles. The van der Waals surface area contributed by atoms with Gasteiger partial charge in [0.15, 0.2) is 17.2 Å². The van der Waals surface area contributed by atoms with Crippen LogP contribution in [0.1, 0.15) is 78.6 Å². The first-order valence-corrected chi connectivity index (χ1v) is 22.8. The van der Waals surface area contributed by atoms with Crippen LogP contribution in [0, 0.1) is 28.6 Å². The number of carbonyl (C=O) groups excluding carboxylic acids is 3. The van der Waals surface area contributed by atoms with E-state index in [1.165, 1.54) is 32.1 Å². The Morgan fingerprint density at radius 2 is 1.67 bits per heavy atom. The highest BCUT2D eigenvalue weighted by Crippen LogP contribution is 2.71. The van der Waals surface area contributed by atoms with Gasteiger partial charge >= 0.3 is 23.5 Å². The third-order valence-electron chi connectivity index (χ3n) is 12.2. The standard InChI is InChI=1S/C34H51FNO16P3/c1-22-17-27-26-12-11-23-18-24(37)13-14-31(23,2)33(26,35)28(38)19-32(27,3)34(22,41)29(39)20-50-54(44,45)52-55(46,47)51-53(42,43)49-16-15-36-30(40)21-48-25-9-7-5-4-6-8-10-25/h7,9,13-14,18,22,25-28,38,41H,4-6,8,10-12,15-17,19-21H2,1-3H3,(H,36,40)(H,42,43)(H,44,45)(H,46,47)/b9-7-/t22-,25?,26+,27+,28+,31+,32+,33+,34+/m1/s1. The largest absolute Gasteiger partial charge is 0.490 e. The molecule has 0 saturated heterocycles. The molecule has 310 valence electrons. The molecular weight excluding hydrogens is 790 g/mol. The van der Waals surface area contributed by atoms with Crippen molar-refractivity contribution in [3.05, 3.63) is 36.0 Å². The SMILES string of the molecule is C[C@@H]1C[C@H]2[C@@H]3CCC4=CC(=O)C=C[C@]4(C)[C@@]3(F)[C@@H](O)C[C@]2(C)[C@@]1(O)C(=O)COP(=O)(O)OP(=O)(O)OP(=O)(O)OCCNC(=O)COC1/C=C\CCCCC1. The van der Waals surface area contributed by atoms with E-state index in [2.05, 4.69) is 23.0 Å². The minimum absolute atomic E-state index is 0.133. The maximum atomic E-state index is 17.4. The molecule has 0 aromatic heterocycles. The number of phosphoric ester groups is 2. The van der Waals surface area contributed by atoms with Gasteiger partial charge in [0.25, 0.3) is 0 Å². The first-order chi connectivity index (χ1) is 25.5. The monoisotopic (exact) mass is 841 g/mol. The van der Waals surface area contributed by atoms with E-state index >= 15 is 4.39 Å². The van der Waals surface area contributed by atoms with Gasteiger partial charge in [0, 0.05) is 23.3 Å². The van der Waals surface area contributed by atoms with Gasteiger partial charge < -0.3 is 34.9 Å². The molecule has 55 heavy (non-hydrogen) atoms. The summed E-state index contributed by atoms with van der Waals surface area (Å²) in [5.41, 5.74) is -6.82. The molecule has 4 unspecified atom stereocenters. The molecule has 3 fully saturated rings. The molecule has 0 aromatic rings. The van der Waals surface area contributed by atoms with Crippen LogP contribution in [0.3, 0.4) is 0 Å². The molecule has 0 spiro atoms. The number of hydrogen-bond donors (Lipinski definition) is 6. The Labute approximate surface area is 318 Å². The van der Waals surface area contributed by atoms with Crippen LogP contribution in [0.25, 0.3) is 0 Å². The second kappa shape index (κ2) is 16.5. The van der Waals surface area contributed by atoms with Crippen molar-refractivity contribution in [2.45, 2.75) is 102 Å². The number of amides is 1. The summed E-state index contributed by atoms with van der Waals surface area (Å²) in [6, 6.07) is 0. The zero-order valence-corrected chi connectivity index (χ0v) is 33.6. The summed E-state index contributed by atoms with van der Waals surface area (Å²) in [6.45, 7) is 1.96. The summed E-state index contributed by atoms with van der Waals surface area (Å²) < 4.78 is 77.7. The molecule has 0 heterocycles. The number of carbonyl (C=O) groups is 3. The Balaban J connectivity index is 1.14. The van der Waals surface area contributed by atoms with Gasteiger partial charge in [0.1, 0.15) is 18.8 Å². The molecule has 21 heteroatoms. The molecule has 5 rings (SSSR count). The predicted octanol–water partition coefficient (Wildman–Crippen LogP) is 4.29. The number of rotatable bonds is 15. The maximum Gasteiger partial charge on any atom is 0.490 e. The zero-order valence-electron chi connectivity index (χ0n) is 30.9. The fourth-order valence-electron chi connectivity index (χ4n) is 9.57. The number of alkyl halides is 1. The third kappa shape index (κ3) is 8.97. The van der Waals surface area contributed by atoms with E-state index in [1.807, 2.05) is 12.2 Å². The van der Waals surface area contributed by atoms with Crippen LogP contribution >= 0.6 is 23.5 Å². The Morgan fingerprint density at radius 3 is 2.38 bits per heavy atom. The van der Waals surface area contributed by atoms with Gasteiger partial charge in [0.2, 0.25) is 5.91 Å². The molecule has 6 N–H and O–H groups in total. The molecule has 3 saturated carbocycles. The smallest absolute Gasteiger partial charge is 0.390 e. The summed E-state index contributed by atoms with van der Waals surface area (Å²) >= 11 is 0. The quantitative estimate of drug-likeness (QED) is 0.0763. The zero-order chi connectivity index (χ0) is 40.7. The van der Waals surface area contributed by atoms with Crippen molar-refractivity contribution in [1.29, 1.82) is 0 Å². The highest BCUT2D eigenvalue weighted by atomic mass is 31.3. The van der Waals surface area contributed by atoms with Crippen LogP contribution in [0.15, 0.2) is 36.0 Å². The molecule has 0 bridgehead atoms. The fraction of sp³-hybridized carbons (Fsp3) is 0.735. The van der Waals surface area contributed by atoms with Crippen molar-refractivity contribution in [2.24, 2.45) is 28.6 Å². The summed E-state index contributed by atoms with van der Waals surface area (Å²) in [5.74, 6) is -4.40. The van der Waals surface area contributed by atoms with E-state index in [4.69, 9.17) is 4.74 Å². The Hall–Kier alpha value is -1.75. The lowest BCUT2D eigenvalue weighted by molar-refractivity contribution is -0.219. The first-order valence-electron chi connectivity index (χ1n) is 18.3. The van der Waals surface area contributed by atoms with Crippen molar-refractivity contribution in [3.63, 3.8) is 0 Å². The number of halogens is 1.